The van der Waals surface area contributed by atoms with E-state index in [-0.39, 0.29) is 17.3 Å². The highest BCUT2D eigenvalue weighted by molar-refractivity contribution is 7.92. The number of anilines is 2. The van der Waals surface area contributed by atoms with Gasteiger partial charge >= 0.3 is 0 Å². The summed E-state index contributed by atoms with van der Waals surface area (Å²) < 4.78 is 44.7. The van der Waals surface area contributed by atoms with E-state index in [2.05, 4.69) is 23.9 Å². The highest BCUT2D eigenvalue weighted by Gasteiger charge is 2.21. The Bertz CT molecular complexity index is 1260. The van der Waals surface area contributed by atoms with Crippen LogP contribution in [0.25, 0.3) is 0 Å². The van der Waals surface area contributed by atoms with Gasteiger partial charge in [-0.05, 0) is 66.4 Å². The minimum Gasteiger partial charge on any atom is -0.497 e. The normalized spacial score (nSPS) is 11.9. The number of amides is 1. The van der Waals surface area contributed by atoms with Crippen LogP contribution >= 0.6 is 0 Å². The maximum atomic E-state index is 13.1. The van der Waals surface area contributed by atoms with Crippen LogP contribution in [0.3, 0.4) is 0 Å². The summed E-state index contributed by atoms with van der Waals surface area (Å²) in [6.07, 6.45) is 0.945. The summed E-state index contributed by atoms with van der Waals surface area (Å²) in [5, 5.41) is 2.69. The van der Waals surface area contributed by atoms with E-state index in [1.54, 1.807) is 30.3 Å². The zero-order valence-corrected chi connectivity index (χ0v) is 21.0. The minimum atomic E-state index is -4.01. The van der Waals surface area contributed by atoms with Gasteiger partial charge in [-0.3, -0.25) is 9.52 Å². The third-order valence-corrected chi connectivity index (χ3v) is 6.90. The van der Waals surface area contributed by atoms with Crippen molar-refractivity contribution < 1.29 is 27.4 Å². The molecule has 0 radical (unpaired) electrons. The van der Waals surface area contributed by atoms with Crippen LogP contribution in [-0.2, 0) is 14.8 Å². The van der Waals surface area contributed by atoms with E-state index in [9.17, 15) is 13.2 Å². The Morgan fingerprint density at radius 1 is 0.914 bits per heavy atom. The monoisotopic (exact) mass is 498 g/mol. The van der Waals surface area contributed by atoms with E-state index in [1.165, 1.54) is 26.4 Å². The van der Waals surface area contributed by atoms with E-state index in [1.807, 2.05) is 24.3 Å². The molecule has 0 saturated carbocycles. The quantitative estimate of drug-likeness (QED) is 0.384. The van der Waals surface area contributed by atoms with Crippen LogP contribution < -0.4 is 24.2 Å². The van der Waals surface area contributed by atoms with Crippen molar-refractivity contribution in [1.29, 1.82) is 0 Å². The molecule has 35 heavy (non-hydrogen) atoms. The summed E-state index contributed by atoms with van der Waals surface area (Å²) in [6.45, 7) is 3.97. The van der Waals surface area contributed by atoms with Crippen LogP contribution in [-0.4, -0.2) is 35.2 Å². The molecule has 0 saturated heterocycles. The summed E-state index contributed by atoms with van der Waals surface area (Å²) in [5.74, 6) is 1.27. The van der Waals surface area contributed by atoms with Crippen LogP contribution in [0.1, 0.15) is 31.7 Å². The van der Waals surface area contributed by atoms with E-state index in [0.717, 1.165) is 12.0 Å². The first kappa shape index (κ1) is 25.9. The molecule has 0 bridgehead atoms. The molecule has 186 valence electrons. The van der Waals surface area contributed by atoms with Gasteiger partial charge in [-0.1, -0.05) is 32.0 Å². The Morgan fingerprint density at radius 2 is 1.60 bits per heavy atom. The number of nitrogens with one attached hydrogen (secondary N) is 2. The summed E-state index contributed by atoms with van der Waals surface area (Å²) in [5.41, 5.74) is 1.69. The van der Waals surface area contributed by atoms with Gasteiger partial charge in [-0.25, -0.2) is 8.42 Å². The Labute approximate surface area is 206 Å². The zero-order valence-electron chi connectivity index (χ0n) is 20.2. The number of carbonyl (C=O) groups is 1. The van der Waals surface area contributed by atoms with Gasteiger partial charge in [0, 0.05) is 11.4 Å². The molecular weight excluding hydrogens is 468 g/mol. The van der Waals surface area contributed by atoms with Crippen LogP contribution in [0.4, 0.5) is 11.4 Å². The number of carbonyl (C=O) groups excluding carboxylic acids is 1. The van der Waals surface area contributed by atoms with Crippen LogP contribution in [0, 0.1) is 0 Å². The molecule has 0 aliphatic carbocycles. The SMILES string of the molecule is CCC(C)c1ccccc1OCC(=O)Nc1ccc(OC)c(S(=O)(=O)Nc2ccc(OC)cc2)c1. The fraction of sp³-hybridized carbons (Fsp3) is 0.269. The smallest absolute Gasteiger partial charge is 0.265 e. The summed E-state index contributed by atoms with van der Waals surface area (Å²) >= 11 is 0. The molecule has 3 aromatic carbocycles. The molecule has 0 aliphatic heterocycles. The second-order valence-electron chi connectivity index (χ2n) is 7.88. The van der Waals surface area contributed by atoms with Crippen LogP contribution in [0.5, 0.6) is 17.2 Å². The molecule has 1 amide bonds. The predicted octanol–water partition coefficient (Wildman–Crippen LogP) is 5.04. The van der Waals surface area contributed by atoms with Gasteiger partial charge in [0.1, 0.15) is 22.1 Å². The Hall–Kier alpha value is -3.72. The summed E-state index contributed by atoms with van der Waals surface area (Å²) in [4.78, 5) is 12.4. The second kappa shape index (κ2) is 11.6. The average Bonchev–Trinajstić information content (AvgIpc) is 2.87. The van der Waals surface area contributed by atoms with Gasteiger partial charge in [0.15, 0.2) is 6.61 Å². The Kier molecular flexibility index (Phi) is 8.59. The molecule has 0 aromatic heterocycles. The van der Waals surface area contributed by atoms with Crippen molar-refractivity contribution in [3.8, 4) is 17.2 Å². The Morgan fingerprint density at radius 3 is 2.26 bits per heavy atom. The molecule has 0 aliphatic rings. The molecule has 1 unspecified atom stereocenters. The van der Waals surface area contributed by atoms with Crippen LogP contribution in [0.15, 0.2) is 71.6 Å². The molecular formula is C26H30N2O6S. The van der Waals surface area contributed by atoms with E-state index in [0.29, 0.717) is 28.8 Å². The number of para-hydroxylation sites is 1. The number of hydrogen-bond donors (Lipinski definition) is 2. The molecule has 0 spiro atoms. The topological polar surface area (TPSA) is 103 Å². The third kappa shape index (κ3) is 6.66. The van der Waals surface area contributed by atoms with Crippen molar-refractivity contribution in [3.63, 3.8) is 0 Å². The first-order chi connectivity index (χ1) is 16.8. The van der Waals surface area contributed by atoms with Gasteiger partial charge in [0.2, 0.25) is 0 Å². The largest absolute Gasteiger partial charge is 0.497 e. The van der Waals surface area contributed by atoms with Crippen molar-refractivity contribution in [2.45, 2.75) is 31.1 Å². The number of methoxy groups -OCH3 is 2. The maximum Gasteiger partial charge on any atom is 0.265 e. The third-order valence-electron chi connectivity index (χ3n) is 5.50. The van der Waals surface area contributed by atoms with Crippen molar-refractivity contribution >= 4 is 27.3 Å². The molecule has 9 heteroatoms. The highest BCUT2D eigenvalue weighted by Crippen LogP contribution is 2.30. The summed E-state index contributed by atoms with van der Waals surface area (Å²) in [7, 11) is -1.10. The molecule has 3 rings (SSSR count). The van der Waals surface area contributed by atoms with Crippen molar-refractivity contribution in [2.75, 3.05) is 30.9 Å². The van der Waals surface area contributed by atoms with E-state index in [4.69, 9.17) is 14.2 Å². The molecule has 0 heterocycles. The zero-order chi connectivity index (χ0) is 25.4. The lowest BCUT2D eigenvalue weighted by molar-refractivity contribution is -0.118. The predicted molar refractivity (Wildman–Crippen MR) is 136 cm³/mol. The molecule has 1 atom stereocenters. The Balaban J connectivity index is 1.74. The lowest BCUT2D eigenvalue weighted by Gasteiger charge is -2.16. The van der Waals surface area contributed by atoms with Gasteiger partial charge in [-0.2, -0.15) is 0 Å². The van der Waals surface area contributed by atoms with E-state index >= 15 is 0 Å². The average molecular weight is 499 g/mol. The lowest BCUT2D eigenvalue weighted by atomic mass is 9.98. The first-order valence-corrected chi connectivity index (χ1v) is 12.6. The van der Waals surface area contributed by atoms with Crippen molar-refractivity contribution in [3.05, 3.63) is 72.3 Å². The fourth-order valence-electron chi connectivity index (χ4n) is 3.41. The molecule has 8 nitrogen and oxygen atoms in total. The molecule has 2 N–H and O–H groups in total. The fourth-order valence-corrected chi connectivity index (χ4v) is 4.67. The van der Waals surface area contributed by atoms with Gasteiger partial charge in [0.05, 0.1) is 14.2 Å². The van der Waals surface area contributed by atoms with Crippen molar-refractivity contribution in [1.82, 2.24) is 0 Å². The van der Waals surface area contributed by atoms with Crippen molar-refractivity contribution in [2.24, 2.45) is 0 Å². The maximum absolute atomic E-state index is 13.1. The number of rotatable bonds is 11. The number of benzene rings is 3. The van der Waals surface area contributed by atoms with Gasteiger partial charge in [0.25, 0.3) is 15.9 Å². The summed E-state index contributed by atoms with van der Waals surface area (Å²) in [6, 6.07) is 18.5. The number of hydrogen-bond acceptors (Lipinski definition) is 6. The van der Waals surface area contributed by atoms with E-state index < -0.39 is 15.9 Å². The van der Waals surface area contributed by atoms with Crippen LogP contribution in [0.2, 0.25) is 0 Å². The number of ether oxygens (including phenoxy) is 3. The second-order valence-corrected chi connectivity index (χ2v) is 9.53. The lowest BCUT2D eigenvalue weighted by Crippen LogP contribution is -2.21. The van der Waals surface area contributed by atoms with Gasteiger partial charge in [-0.15, -0.1) is 0 Å². The first-order valence-electron chi connectivity index (χ1n) is 11.1. The van der Waals surface area contributed by atoms with Gasteiger partial charge < -0.3 is 19.5 Å². The number of sulfonamides is 1. The standard InChI is InChI=1S/C26H30N2O6S/c1-5-18(2)22-8-6-7-9-23(22)34-17-26(29)27-20-12-15-24(33-4)25(16-20)35(30,31)28-19-10-13-21(32-3)14-11-19/h6-16,18,28H,5,17H2,1-4H3,(H,27,29). The minimum absolute atomic E-state index is 0.114. The molecule has 3 aromatic rings. The molecule has 0 fully saturated rings. The highest BCUT2D eigenvalue weighted by atomic mass is 32.2.